The van der Waals surface area contributed by atoms with Gasteiger partial charge in [-0.1, -0.05) is 52.0 Å². The van der Waals surface area contributed by atoms with Crippen LogP contribution in [0.5, 0.6) is 0 Å². The van der Waals surface area contributed by atoms with Crippen molar-refractivity contribution in [3.63, 3.8) is 0 Å². The summed E-state index contributed by atoms with van der Waals surface area (Å²) in [6.07, 6.45) is 19.5. The van der Waals surface area contributed by atoms with Gasteiger partial charge in [-0.15, -0.1) is 0 Å². The molecular formula is C72H104N8O12S4. The molecule has 4 N–H and O–H groups in total. The van der Waals surface area contributed by atoms with E-state index in [9.17, 15) is 52.8 Å². The Labute approximate surface area is 572 Å². The largest absolute Gasteiger partial charge is 0.312 e. The summed E-state index contributed by atoms with van der Waals surface area (Å²) in [5, 5.41) is 0. The van der Waals surface area contributed by atoms with Gasteiger partial charge in [0.05, 0.1) is 25.0 Å². The zero-order valence-electron chi connectivity index (χ0n) is 58.3. The van der Waals surface area contributed by atoms with E-state index in [2.05, 4.69) is 46.6 Å². The van der Waals surface area contributed by atoms with Gasteiger partial charge in [-0.05, 0) is 247 Å². The van der Waals surface area contributed by atoms with Crippen LogP contribution in [0.1, 0.15) is 201 Å². The average molecular weight is 1400 g/mol. The van der Waals surface area contributed by atoms with Crippen LogP contribution in [0.2, 0.25) is 0 Å². The Morgan fingerprint density at radius 1 is 0.344 bits per heavy atom. The predicted molar refractivity (Wildman–Crippen MR) is 382 cm³/mol. The van der Waals surface area contributed by atoms with Gasteiger partial charge >= 0.3 is 0 Å². The minimum atomic E-state index is -3.26. The summed E-state index contributed by atoms with van der Waals surface area (Å²) in [6.45, 7) is 18.9. The fraction of sp³-hybridized carbons (Fsp3) is 0.611. The number of aryl methyl sites for hydroxylation is 4. The van der Waals surface area contributed by atoms with Crippen LogP contribution in [-0.4, -0.2) is 109 Å². The summed E-state index contributed by atoms with van der Waals surface area (Å²) in [5.41, 5.74) is 12.3. The Morgan fingerprint density at radius 2 is 0.521 bits per heavy atom. The standard InChI is InChI=1S/4C18H26N2O3S/c4*1-4-20(18(21)15-10-12(15)2)14-9-8-13-6-5-7-17(16(13)11-14)19-24(3,22)23/h4*8-9,11-12,15,17,19H,4-7,10H2,1-3H3/t2*12-,15-,17+;2*12-,15-,17-/m1010/s1. The van der Waals surface area contributed by atoms with Crippen LogP contribution in [0, 0.1) is 47.3 Å². The number of hydrogen-bond acceptors (Lipinski definition) is 12. The molecule has 12 rings (SSSR count). The second-order valence-electron chi connectivity index (χ2n) is 28.5. The van der Waals surface area contributed by atoms with Crippen LogP contribution >= 0.6 is 0 Å². The molecule has 528 valence electrons. The molecule has 0 saturated heterocycles. The average Bonchev–Trinajstić information content (AvgIpc) is 1.19. The van der Waals surface area contributed by atoms with Crippen molar-refractivity contribution in [2.24, 2.45) is 47.3 Å². The first-order valence-corrected chi connectivity index (χ1v) is 42.4. The third-order valence-corrected chi connectivity index (χ3v) is 23.3. The molecule has 24 heteroatoms. The smallest absolute Gasteiger partial charge is 0.230 e. The molecule has 4 aromatic rings. The van der Waals surface area contributed by atoms with Crippen molar-refractivity contribution in [1.29, 1.82) is 0 Å². The van der Waals surface area contributed by atoms with E-state index in [1.807, 2.05) is 120 Å². The van der Waals surface area contributed by atoms with Crippen LogP contribution in [0.25, 0.3) is 0 Å². The van der Waals surface area contributed by atoms with Crippen molar-refractivity contribution < 1.29 is 52.8 Å². The molecular weight excluding hydrogens is 1300 g/mol. The molecule has 20 nitrogen and oxygen atoms in total. The van der Waals surface area contributed by atoms with Crippen molar-refractivity contribution in [2.45, 2.75) is 182 Å². The number of anilines is 4. The maximum absolute atomic E-state index is 12.6. The first kappa shape index (κ1) is 74.6. The van der Waals surface area contributed by atoms with Crippen LogP contribution in [0.15, 0.2) is 72.8 Å². The molecule has 12 atom stereocenters. The lowest BCUT2D eigenvalue weighted by Crippen LogP contribution is -2.33. The zero-order chi connectivity index (χ0) is 69.9. The van der Waals surface area contributed by atoms with Crippen molar-refractivity contribution in [3.8, 4) is 0 Å². The van der Waals surface area contributed by atoms with E-state index in [4.69, 9.17) is 0 Å². The van der Waals surface area contributed by atoms with Gasteiger partial charge in [0.2, 0.25) is 63.7 Å². The number of rotatable bonds is 20. The Hall–Kier alpha value is -5.60. The Kier molecular flexibility index (Phi) is 24.0. The summed E-state index contributed by atoms with van der Waals surface area (Å²) in [5.74, 6) is 3.23. The Balaban J connectivity index is 0.000000150. The fourth-order valence-electron chi connectivity index (χ4n) is 14.7. The highest BCUT2D eigenvalue weighted by Crippen LogP contribution is 2.45. The lowest BCUT2D eigenvalue weighted by Gasteiger charge is -2.29. The molecule has 0 unspecified atom stereocenters. The minimum absolute atomic E-state index is 0.144. The molecule has 4 aromatic carbocycles. The van der Waals surface area contributed by atoms with Crippen molar-refractivity contribution in [3.05, 3.63) is 117 Å². The summed E-state index contributed by atoms with van der Waals surface area (Å²) >= 11 is 0. The summed E-state index contributed by atoms with van der Waals surface area (Å²) in [6, 6.07) is 23.4. The number of nitrogens with zero attached hydrogens (tertiary/aromatic N) is 4. The van der Waals surface area contributed by atoms with Gasteiger partial charge in [0.25, 0.3) is 0 Å². The number of sulfonamides is 4. The van der Waals surface area contributed by atoms with Crippen LogP contribution in [-0.2, 0) is 85.0 Å². The van der Waals surface area contributed by atoms with Gasteiger partial charge in [0.1, 0.15) is 0 Å². The second kappa shape index (κ2) is 30.9. The highest BCUT2D eigenvalue weighted by molar-refractivity contribution is 7.89. The SMILES string of the molecule is CCN(C(=O)[C@@H]1C[C@H]1C)c1ccc2c(c1)[C@@H](NS(C)(=O)=O)CCC2.CCN(C(=O)[C@@H]1C[C@H]1C)c1ccc2c(c1)[C@H](NS(C)(=O)=O)CCC2.CCN(C(=O)[C@H]1C[C@@H]1C)c1ccc2c(c1)[C@@H](NS(C)(=O)=O)CCC2.CCN(C(=O)[C@H]1C[C@@H]1C)c1ccc2c(c1)[C@H](NS(C)(=O)=O)CCC2. The summed E-state index contributed by atoms with van der Waals surface area (Å²) in [4.78, 5) is 57.9. The molecule has 0 bridgehead atoms. The number of nitrogens with one attached hydrogen (secondary N) is 4. The van der Waals surface area contributed by atoms with E-state index >= 15 is 0 Å². The van der Waals surface area contributed by atoms with E-state index < -0.39 is 40.1 Å². The quantitative estimate of drug-likeness (QED) is 0.0644. The summed E-state index contributed by atoms with van der Waals surface area (Å²) in [7, 11) is -13.1. The molecule has 8 aliphatic rings. The molecule has 8 aliphatic carbocycles. The molecule has 0 aliphatic heterocycles. The first-order chi connectivity index (χ1) is 45.2. The number of hydrogen-bond donors (Lipinski definition) is 4. The lowest BCUT2D eigenvalue weighted by molar-refractivity contribution is -0.120. The number of benzene rings is 4. The van der Waals surface area contributed by atoms with E-state index in [0.717, 1.165) is 148 Å². The number of amides is 4. The lowest BCUT2D eigenvalue weighted by atomic mass is 9.87. The second-order valence-corrected chi connectivity index (χ2v) is 35.6. The Morgan fingerprint density at radius 3 is 0.667 bits per heavy atom. The van der Waals surface area contributed by atoms with Crippen LogP contribution in [0.4, 0.5) is 22.7 Å². The van der Waals surface area contributed by atoms with Gasteiger partial charge < -0.3 is 19.6 Å². The predicted octanol–water partition coefficient (Wildman–Crippen LogP) is 10.5. The summed E-state index contributed by atoms with van der Waals surface area (Å²) < 4.78 is 104. The van der Waals surface area contributed by atoms with Crippen molar-refractivity contribution in [2.75, 3.05) is 70.8 Å². The number of carbonyl (C=O) groups is 4. The van der Waals surface area contributed by atoms with E-state index in [1.54, 1.807) is 0 Å². The van der Waals surface area contributed by atoms with Gasteiger partial charge in [-0.3, -0.25) is 19.2 Å². The maximum atomic E-state index is 12.6. The fourth-order valence-corrected chi connectivity index (χ4v) is 17.7. The van der Waals surface area contributed by atoms with E-state index in [1.165, 1.54) is 47.3 Å². The molecule has 4 saturated carbocycles. The van der Waals surface area contributed by atoms with Gasteiger partial charge in [-0.25, -0.2) is 52.6 Å². The third kappa shape index (κ3) is 19.4. The van der Waals surface area contributed by atoms with E-state index in [-0.39, 0.29) is 71.5 Å². The number of fused-ring (bicyclic) bond motifs is 4. The topological polar surface area (TPSA) is 266 Å². The van der Waals surface area contributed by atoms with Gasteiger partial charge in [0, 0.05) is 96.8 Å². The highest BCUT2D eigenvalue weighted by atomic mass is 32.2. The molecule has 0 heterocycles. The molecule has 0 radical (unpaired) electrons. The van der Waals surface area contributed by atoms with Crippen LogP contribution in [0.3, 0.4) is 0 Å². The number of carbonyl (C=O) groups excluding carboxylic acids is 4. The molecule has 96 heavy (non-hydrogen) atoms. The van der Waals surface area contributed by atoms with E-state index in [0.29, 0.717) is 49.9 Å². The van der Waals surface area contributed by atoms with Crippen molar-refractivity contribution in [1.82, 2.24) is 18.9 Å². The van der Waals surface area contributed by atoms with Crippen LogP contribution < -0.4 is 38.5 Å². The Bertz CT molecular complexity index is 3490. The first-order valence-electron chi connectivity index (χ1n) is 34.9. The highest BCUT2D eigenvalue weighted by Gasteiger charge is 2.45. The minimum Gasteiger partial charge on any atom is -0.312 e. The third-order valence-electron chi connectivity index (χ3n) is 20.5. The maximum Gasteiger partial charge on any atom is 0.230 e. The van der Waals surface area contributed by atoms with Gasteiger partial charge in [-0.2, -0.15) is 0 Å². The molecule has 4 fully saturated rings. The molecule has 4 amide bonds. The van der Waals surface area contributed by atoms with Gasteiger partial charge in [0.15, 0.2) is 0 Å². The molecule has 0 spiro atoms. The monoisotopic (exact) mass is 1400 g/mol. The zero-order valence-corrected chi connectivity index (χ0v) is 61.6. The molecule has 0 aromatic heterocycles. The normalized spacial score (nSPS) is 25.9. The van der Waals surface area contributed by atoms with Crippen molar-refractivity contribution >= 4 is 86.5 Å².